The summed E-state index contributed by atoms with van der Waals surface area (Å²) in [7, 11) is 1.28. The Morgan fingerprint density at radius 3 is 2.61 bits per heavy atom. The average molecular weight is 478 g/mol. The molecule has 1 fully saturated rings. The molecule has 0 saturated carbocycles. The van der Waals surface area contributed by atoms with Crippen LogP contribution in [-0.2, 0) is 19.1 Å². The zero-order valence-electron chi connectivity index (χ0n) is 19.4. The lowest BCUT2D eigenvalue weighted by atomic mass is 10.0. The molecule has 3 atom stereocenters. The Labute approximate surface area is 198 Å². The minimum Gasteiger partial charge on any atom is -0.493 e. The second kappa shape index (κ2) is 10.9. The summed E-state index contributed by atoms with van der Waals surface area (Å²) >= 11 is 1.48. The van der Waals surface area contributed by atoms with Crippen LogP contribution < -0.4 is 20.5 Å². The van der Waals surface area contributed by atoms with E-state index in [1.54, 1.807) is 25.1 Å². The van der Waals surface area contributed by atoms with Crippen molar-refractivity contribution >= 4 is 29.5 Å². The molecular formula is C23H31N3O6S. The second-order valence-corrected chi connectivity index (χ2v) is 9.00. The standard InChI is InChI=1S/C23H31N3O6S/c1-5-9-31-14-7-8-15(16(11-14)32-10-6-2)17(24)20(27)25-18-21(28)26-19(23(29)30-4)13(3)12-33-22(18)26/h7-8,11,17-18,22H,5-6,9-10,12,24H2,1-4H3,(H,25,27)/t17?,18?,22-/m0/s1. The molecule has 180 valence electrons. The maximum Gasteiger partial charge on any atom is 0.354 e. The first-order valence-electron chi connectivity index (χ1n) is 11.0. The van der Waals surface area contributed by atoms with Crippen LogP contribution in [0, 0.1) is 0 Å². The van der Waals surface area contributed by atoms with Gasteiger partial charge in [0, 0.05) is 17.4 Å². The average Bonchev–Trinajstić information content (AvgIpc) is 2.83. The van der Waals surface area contributed by atoms with Gasteiger partial charge in [0.2, 0.25) is 5.91 Å². The first kappa shape index (κ1) is 24.9. The summed E-state index contributed by atoms with van der Waals surface area (Å²) in [5, 5.41) is 2.37. The summed E-state index contributed by atoms with van der Waals surface area (Å²) in [5.41, 5.74) is 7.80. The van der Waals surface area contributed by atoms with E-state index in [0.29, 0.717) is 36.0 Å². The lowest BCUT2D eigenvalue weighted by molar-refractivity contribution is -0.152. The summed E-state index contributed by atoms with van der Waals surface area (Å²) < 4.78 is 16.3. The van der Waals surface area contributed by atoms with Gasteiger partial charge in [-0.2, -0.15) is 0 Å². The van der Waals surface area contributed by atoms with Crippen molar-refractivity contribution in [3.8, 4) is 11.5 Å². The van der Waals surface area contributed by atoms with Crippen LogP contribution in [0.3, 0.4) is 0 Å². The van der Waals surface area contributed by atoms with Gasteiger partial charge in [0.15, 0.2) is 0 Å². The number of amides is 2. The molecule has 0 spiro atoms. The number of carbonyl (C=O) groups excluding carboxylic acids is 3. The Morgan fingerprint density at radius 2 is 1.94 bits per heavy atom. The van der Waals surface area contributed by atoms with E-state index in [1.165, 1.54) is 23.8 Å². The maximum absolute atomic E-state index is 13.0. The molecule has 0 bridgehead atoms. The molecule has 9 nitrogen and oxygen atoms in total. The van der Waals surface area contributed by atoms with Crippen molar-refractivity contribution in [2.75, 3.05) is 26.1 Å². The maximum atomic E-state index is 13.0. The molecule has 1 saturated heterocycles. The van der Waals surface area contributed by atoms with Crippen molar-refractivity contribution in [3.05, 3.63) is 35.0 Å². The number of rotatable bonds is 10. The van der Waals surface area contributed by atoms with Gasteiger partial charge in [-0.15, -0.1) is 11.8 Å². The van der Waals surface area contributed by atoms with E-state index >= 15 is 0 Å². The highest BCUT2D eigenvalue weighted by atomic mass is 32.2. The summed E-state index contributed by atoms with van der Waals surface area (Å²) in [6, 6.07) is 3.39. The van der Waals surface area contributed by atoms with E-state index in [-0.39, 0.29) is 17.0 Å². The first-order valence-corrected chi connectivity index (χ1v) is 12.1. The minimum atomic E-state index is -1.04. The van der Waals surface area contributed by atoms with E-state index in [9.17, 15) is 14.4 Å². The van der Waals surface area contributed by atoms with Gasteiger partial charge >= 0.3 is 5.97 Å². The highest BCUT2D eigenvalue weighted by molar-refractivity contribution is 8.00. The van der Waals surface area contributed by atoms with Gasteiger partial charge in [0.05, 0.1) is 20.3 Å². The van der Waals surface area contributed by atoms with Crippen molar-refractivity contribution in [2.45, 2.75) is 51.1 Å². The quantitative estimate of drug-likeness (QED) is 0.388. The normalized spacial score (nSPS) is 20.5. The number of hydrogen-bond acceptors (Lipinski definition) is 8. The van der Waals surface area contributed by atoms with Gasteiger partial charge in [0.25, 0.3) is 5.91 Å². The van der Waals surface area contributed by atoms with Crippen molar-refractivity contribution in [1.29, 1.82) is 0 Å². The SMILES string of the molecule is CCCOc1ccc(C(N)C(=O)NC2C(=O)N3C(C(=O)OC)=C(C)CS[C@@H]23)c(OCCC)c1. The Hall–Kier alpha value is -2.72. The molecule has 0 radical (unpaired) electrons. The third-order valence-corrected chi connectivity index (χ3v) is 6.80. The topological polar surface area (TPSA) is 120 Å². The predicted molar refractivity (Wildman–Crippen MR) is 125 cm³/mol. The number of hydrogen-bond donors (Lipinski definition) is 2. The molecule has 1 aromatic carbocycles. The number of nitrogens with one attached hydrogen (secondary N) is 1. The third-order valence-electron chi connectivity index (χ3n) is 5.37. The largest absolute Gasteiger partial charge is 0.493 e. The minimum absolute atomic E-state index is 0.249. The highest BCUT2D eigenvalue weighted by Gasteiger charge is 2.54. The van der Waals surface area contributed by atoms with Gasteiger partial charge in [-0.3, -0.25) is 14.5 Å². The Bertz CT molecular complexity index is 950. The van der Waals surface area contributed by atoms with Crippen molar-refractivity contribution in [2.24, 2.45) is 5.73 Å². The number of benzene rings is 1. The molecule has 2 heterocycles. The highest BCUT2D eigenvalue weighted by Crippen LogP contribution is 2.40. The van der Waals surface area contributed by atoms with Crippen LogP contribution in [0.5, 0.6) is 11.5 Å². The molecule has 2 unspecified atom stereocenters. The van der Waals surface area contributed by atoms with Crippen LogP contribution in [0.4, 0.5) is 0 Å². The van der Waals surface area contributed by atoms with E-state index < -0.39 is 24.0 Å². The van der Waals surface area contributed by atoms with Gasteiger partial charge < -0.3 is 25.3 Å². The Morgan fingerprint density at radius 1 is 1.24 bits per heavy atom. The van der Waals surface area contributed by atoms with Crippen LogP contribution in [0.2, 0.25) is 0 Å². The molecule has 0 aromatic heterocycles. The van der Waals surface area contributed by atoms with Crippen LogP contribution in [0.25, 0.3) is 0 Å². The fraction of sp³-hybridized carbons (Fsp3) is 0.522. The molecular weight excluding hydrogens is 446 g/mol. The van der Waals surface area contributed by atoms with Crippen LogP contribution >= 0.6 is 11.8 Å². The molecule has 2 aliphatic heterocycles. The second-order valence-electron chi connectivity index (χ2n) is 7.89. The number of carbonyl (C=O) groups is 3. The van der Waals surface area contributed by atoms with E-state index in [2.05, 4.69) is 5.32 Å². The fourth-order valence-electron chi connectivity index (χ4n) is 3.66. The number of fused-ring (bicyclic) bond motifs is 1. The van der Waals surface area contributed by atoms with Crippen molar-refractivity contribution in [1.82, 2.24) is 10.2 Å². The van der Waals surface area contributed by atoms with Crippen molar-refractivity contribution in [3.63, 3.8) is 0 Å². The van der Waals surface area contributed by atoms with Gasteiger partial charge in [-0.1, -0.05) is 13.8 Å². The molecule has 10 heteroatoms. The number of β-lactam (4-membered cyclic amide) rings is 1. The van der Waals surface area contributed by atoms with E-state index in [0.717, 1.165) is 18.4 Å². The molecule has 1 aromatic rings. The lowest BCUT2D eigenvalue weighted by Crippen LogP contribution is -2.71. The van der Waals surface area contributed by atoms with E-state index in [4.69, 9.17) is 19.9 Å². The predicted octanol–water partition coefficient (Wildman–Crippen LogP) is 2.11. The Kier molecular flexibility index (Phi) is 8.25. The Balaban J connectivity index is 1.73. The molecule has 33 heavy (non-hydrogen) atoms. The number of thioether (sulfide) groups is 1. The fourth-order valence-corrected chi connectivity index (χ4v) is 4.95. The number of esters is 1. The first-order chi connectivity index (χ1) is 15.8. The van der Waals surface area contributed by atoms with Crippen LogP contribution in [0.15, 0.2) is 29.5 Å². The molecule has 0 aliphatic carbocycles. The van der Waals surface area contributed by atoms with Gasteiger partial charge in [0.1, 0.15) is 34.7 Å². The molecule has 2 aliphatic rings. The van der Waals surface area contributed by atoms with Crippen molar-refractivity contribution < 1.29 is 28.6 Å². The van der Waals surface area contributed by atoms with E-state index in [1.807, 2.05) is 13.8 Å². The summed E-state index contributed by atoms with van der Waals surface area (Å²) in [5.74, 6) is 0.261. The lowest BCUT2D eigenvalue weighted by Gasteiger charge is -2.49. The monoisotopic (exact) mass is 477 g/mol. The van der Waals surface area contributed by atoms with Crippen LogP contribution in [0.1, 0.15) is 45.2 Å². The zero-order valence-corrected chi connectivity index (χ0v) is 20.2. The molecule has 2 amide bonds. The summed E-state index contributed by atoms with van der Waals surface area (Å²) in [6.07, 6.45) is 1.66. The molecule has 3 rings (SSSR count). The summed E-state index contributed by atoms with van der Waals surface area (Å²) in [4.78, 5) is 39.3. The number of nitrogens with two attached hydrogens (primary N) is 1. The molecule has 3 N–H and O–H groups in total. The van der Waals surface area contributed by atoms with Gasteiger partial charge in [-0.05, 0) is 37.5 Å². The van der Waals surface area contributed by atoms with Gasteiger partial charge in [-0.25, -0.2) is 4.79 Å². The smallest absolute Gasteiger partial charge is 0.354 e. The summed E-state index contributed by atoms with van der Waals surface area (Å²) in [6.45, 7) is 6.83. The zero-order chi connectivity index (χ0) is 24.1. The number of nitrogens with zero attached hydrogens (tertiary/aromatic N) is 1. The van der Waals surface area contributed by atoms with Crippen LogP contribution in [-0.4, -0.2) is 60.2 Å². The third kappa shape index (κ3) is 5.11. The number of ether oxygens (including phenoxy) is 3. The number of methoxy groups -OCH3 is 1.